The van der Waals surface area contributed by atoms with Gasteiger partial charge in [-0.25, -0.2) is 4.79 Å². The molecule has 0 radical (unpaired) electrons. The quantitative estimate of drug-likeness (QED) is 0.317. The first kappa shape index (κ1) is 21.5. The highest BCUT2D eigenvalue weighted by atomic mass is 16.6. The molecule has 0 bridgehead atoms. The van der Waals surface area contributed by atoms with Crippen LogP contribution in [0.25, 0.3) is 6.08 Å². The molecule has 2 aliphatic rings. The summed E-state index contributed by atoms with van der Waals surface area (Å²) in [7, 11) is 1.28. The van der Waals surface area contributed by atoms with Gasteiger partial charge in [0.1, 0.15) is 28.8 Å². The number of fused-ring (bicyclic) bond motifs is 3. The van der Waals surface area contributed by atoms with E-state index in [0.29, 0.717) is 45.5 Å². The Bertz CT molecular complexity index is 1350. The fraction of sp³-hybridized carbons (Fsp3) is 0.192. The van der Waals surface area contributed by atoms with Crippen molar-refractivity contribution in [1.29, 1.82) is 0 Å². The maximum absolute atomic E-state index is 13.1. The number of hydrogen-bond acceptors (Lipinski definition) is 8. The number of carbonyl (C=O) groups is 3. The second-order valence-electron chi connectivity index (χ2n) is 7.88. The predicted octanol–water partition coefficient (Wildman–Crippen LogP) is 4.20. The summed E-state index contributed by atoms with van der Waals surface area (Å²) in [4.78, 5) is 37.1. The number of carbonyl (C=O) groups excluding carboxylic acids is 3. The van der Waals surface area contributed by atoms with Crippen molar-refractivity contribution in [2.45, 2.75) is 19.3 Å². The number of ketones is 1. The Morgan fingerprint density at radius 3 is 2.68 bits per heavy atom. The first-order valence-electron chi connectivity index (χ1n) is 10.6. The average molecular weight is 460 g/mol. The molecule has 0 amide bonds. The number of para-hydroxylation sites is 1. The van der Waals surface area contributed by atoms with Crippen LogP contribution in [0, 0.1) is 6.92 Å². The monoisotopic (exact) mass is 460 g/mol. The van der Waals surface area contributed by atoms with Crippen molar-refractivity contribution in [3.05, 3.63) is 82.5 Å². The van der Waals surface area contributed by atoms with E-state index in [9.17, 15) is 14.4 Å². The van der Waals surface area contributed by atoms with Crippen LogP contribution in [0.1, 0.15) is 45.3 Å². The molecule has 8 heteroatoms. The third-order valence-electron chi connectivity index (χ3n) is 5.68. The first-order valence-corrected chi connectivity index (χ1v) is 10.6. The largest absolute Gasteiger partial charge is 0.482 e. The van der Waals surface area contributed by atoms with Crippen LogP contribution in [-0.4, -0.2) is 31.4 Å². The third-order valence-corrected chi connectivity index (χ3v) is 5.68. The van der Waals surface area contributed by atoms with Crippen LogP contribution < -0.4 is 14.2 Å². The zero-order valence-electron chi connectivity index (χ0n) is 18.5. The number of Topliss-reactive ketones (excluding diaryl/α,β-unsaturated/α-hetero) is 1. The Balaban J connectivity index is 1.58. The normalized spacial score (nSPS) is 17.6. The van der Waals surface area contributed by atoms with Gasteiger partial charge >= 0.3 is 11.9 Å². The standard InChI is InChI=1S/C26H20O8/c1-14-7-8-15(32-14)11-21-25(29)17-9-10-20-24(26(17)34-21)18(12-22(27)33-20)16-5-3-4-6-19(16)31-13-23(28)30-2/h3-11,18H,12-13H2,1-2H3/b21-11-. The molecule has 2 aromatic carbocycles. The number of allylic oxidation sites excluding steroid dienone is 1. The lowest BCUT2D eigenvalue weighted by Crippen LogP contribution is -2.22. The van der Waals surface area contributed by atoms with Crippen molar-refractivity contribution in [1.82, 2.24) is 0 Å². The van der Waals surface area contributed by atoms with Crippen LogP contribution in [0.5, 0.6) is 17.2 Å². The van der Waals surface area contributed by atoms with Crippen LogP contribution in [0.4, 0.5) is 0 Å². The summed E-state index contributed by atoms with van der Waals surface area (Å²) in [6.07, 6.45) is 1.55. The highest BCUT2D eigenvalue weighted by molar-refractivity contribution is 6.15. The van der Waals surface area contributed by atoms with Gasteiger partial charge in [-0.3, -0.25) is 9.59 Å². The average Bonchev–Trinajstić information content (AvgIpc) is 3.39. The molecule has 1 atom stereocenters. The maximum Gasteiger partial charge on any atom is 0.343 e. The summed E-state index contributed by atoms with van der Waals surface area (Å²) in [5.41, 5.74) is 1.59. The minimum absolute atomic E-state index is 0.00995. The molecule has 1 unspecified atom stereocenters. The van der Waals surface area contributed by atoms with E-state index in [1.807, 2.05) is 6.92 Å². The summed E-state index contributed by atoms with van der Waals surface area (Å²) in [5.74, 6) is 0.613. The summed E-state index contributed by atoms with van der Waals surface area (Å²) >= 11 is 0. The predicted molar refractivity (Wildman–Crippen MR) is 119 cm³/mol. The molecule has 34 heavy (non-hydrogen) atoms. The Hall–Kier alpha value is -4.33. The van der Waals surface area contributed by atoms with Gasteiger partial charge in [0.2, 0.25) is 5.78 Å². The molecule has 0 saturated heterocycles. The molecule has 0 aliphatic carbocycles. The summed E-state index contributed by atoms with van der Waals surface area (Å²) in [6.45, 7) is 1.53. The number of ether oxygens (including phenoxy) is 4. The number of aryl methyl sites for hydroxylation is 1. The van der Waals surface area contributed by atoms with Gasteiger partial charge in [-0.15, -0.1) is 0 Å². The molecular weight excluding hydrogens is 440 g/mol. The third kappa shape index (κ3) is 3.83. The van der Waals surface area contributed by atoms with Crippen molar-refractivity contribution in [3.8, 4) is 17.2 Å². The van der Waals surface area contributed by atoms with Gasteiger partial charge in [-0.1, -0.05) is 18.2 Å². The molecule has 0 N–H and O–H groups in total. The molecule has 172 valence electrons. The lowest BCUT2D eigenvalue weighted by atomic mass is 9.84. The molecule has 1 aromatic heterocycles. The van der Waals surface area contributed by atoms with Gasteiger partial charge in [0.25, 0.3) is 0 Å². The lowest BCUT2D eigenvalue weighted by molar-refractivity contribution is -0.143. The molecule has 0 fully saturated rings. The van der Waals surface area contributed by atoms with Crippen molar-refractivity contribution < 1.29 is 37.7 Å². The number of benzene rings is 2. The van der Waals surface area contributed by atoms with Crippen LogP contribution in [-0.2, 0) is 14.3 Å². The van der Waals surface area contributed by atoms with E-state index in [0.717, 1.165) is 0 Å². The molecule has 8 nitrogen and oxygen atoms in total. The Morgan fingerprint density at radius 1 is 1.09 bits per heavy atom. The smallest absolute Gasteiger partial charge is 0.343 e. The zero-order valence-corrected chi connectivity index (χ0v) is 18.5. The summed E-state index contributed by atoms with van der Waals surface area (Å²) < 4.78 is 27.4. The highest BCUT2D eigenvalue weighted by Gasteiger charge is 2.39. The molecule has 0 saturated carbocycles. The second kappa shape index (κ2) is 8.55. The molecule has 5 rings (SSSR count). The van der Waals surface area contributed by atoms with E-state index in [2.05, 4.69) is 4.74 Å². The Morgan fingerprint density at radius 2 is 1.91 bits per heavy atom. The van der Waals surface area contributed by atoms with E-state index in [1.54, 1.807) is 54.6 Å². The number of rotatable bonds is 5. The second-order valence-corrected chi connectivity index (χ2v) is 7.88. The number of methoxy groups -OCH3 is 1. The van der Waals surface area contributed by atoms with Crippen LogP contribution in [0.2, 0.25) is 0 Å². The molecular formula is C26H20O8. The van der Waals surface area contributed by atoms with E-state index in [1.165, 1.54) is 7.11 Å². The van der Waals surface area contributed by atoms with Crippen molar-refractivity contribution in [3.63, 3.8) is 0 Å². The minimum Gasteiger partial charge on any atom is -0.482 e. The topological polar surface area (TPSA) is 101 Å². The van der Waals surface area contributed by atoms with Gasteiger partial charge in [0.05, 0.1) is 19.1 Å². The van der Waals surface area contributed by atoms with E-state index < -0.39 is 17.9 Å². The van der Waals surface area contributed by atoms with E-state index in [4.69, 9.17) is 18.6 Å². The van der Waals surface area contributed by atoms with Crippen molar-refractivity contribution in [2.24, 2.45) is 0 Å². The maximum atomic E-state index is 13.1. The van der Waals surface area contributed by atoms with Crippen molar-refractivity contribution >= 4 is 23.8 Å². The van der Waals surface area contributed by atoms with Gasteiger partial charge in [-0.05, 0) is 37.3 Å². The number of hydrogen-bond donors (Lipinski definition) is 0. The zero-order chi connectivity index (χ0) is 23.8. The lowest BCUT2D eigenvalue weighted by Gasteiger charge is -2.27. The fourth-order valence-corrected chi connectivity index (χ4v) is 4.13. The van der Waals surface area contributed by atoms with E-state index in [-0.39, 0.29) is 24.6 Å². The van der Waals surface area contributed by atoms with Crippen molar-refractivity contribution in [2.75, 3.05) is 13.7 Å². The Labute approximate surface area is 194 Å². The number of furan rings is 1. The summed E-state index contributed by atoms with van der Waals surface area (Å²) in [6, 6.07) is 13.8. The van der Waals surface area contributed by atoms with Gasteiger partial charge in [0, 0.05) is 23.1 Å². The minimum atomic E-state index is -0.531. The molecule has 3 heterocycles. The summed E-state index contributed by atoms with van der Waals surface area (Å²) in [5, 5.41) is 0. The highest BCUT2D eigenvalue weighted by Crippen LogP contribution is 2.50. The van der Waals surface area contributed by atoms with Crippen LogP contribution in [0.15, 0.2) is 58.7 Å². The fourth-order valence-electron chi connectivity index (χ4n) is 4.13. The first-order chi connectivity index (χ1) is 16.4. The van der Waals surface area contributed by atoms with Gasteiger partial charge in [0.15, 0.2) is 12.4 Å². The molecule has 2 aliphatic heterocycles. The van der Waals surface area contributed by atoms with Crippen LogP contribution in [0.3, 0.4) is 0 Å². The Kier molecular flexibility index (Phi) is 5.41. The molecule has 3 aromatic rings. The van der Waals surface area contributed by atoms with Crippen LogP contribution >= 0.6 is 0 Å². The SMILES string of the molecule is COC(=O)COc1ccccc1C1CC(=O)Oc2ccc3c(c21)O/C(=C\c1ccc(C)o1)C3=O. The van der Waals surface area contributed by atoms with Gasteiger partial charge < -0.3 is 23.4 Å². The molecule has 0 spiro atoms. The van der Waals surface area contributed by atoms with E-state index >= 15 is 0 Å². The van der Waals surface area contributed by atoms with Gasteiger partial charge in [-0.2, -0.15) is 0 Å². The number of esters is 2.